The number of carbonyl (C=O) groups is 9. The number of hydrogen-bond acceptors (Lipinski definition) is 18. The molecule has 498 valence electrons. The van der Waals surface area contributed by atoms with E-state index in [9.17, 15) is 57.0 Å². The third-order valence-corrected chi connectivity index (χ3v) is 16.3. The molecule has 1 aromatic heterocycles. The van der Waals surface area contributed by atoms with Crippen LogP contribution in [0.4, 0.5) is 8.78 Å². The predicted molar refractivity (Wildman–Crippen MR) is 333 cm³/mol. The zero-order chi connectivity index (χ0) is 65.4. The molecule has 2 aromatic carbocycles. The van der Waals surface area contributed by atoms with Crippen LogP contribution in [0.1, 0.15) is 92.1 Å². The van der Waals surface area contributed by atoms with Gasteiger partial charge in [-0.1, -0.05) is 42.2 Å². The number of aryl methyl sites for hydroxylation is 2. The Balaban J connectivity index is 0.918. The number of carboxylic acid groups (broad SMARTS) is 1. The molecule has 25 nitrogen and oxygen atoms in total. The molecule has 3 aliphatic rings. The number of ether oxygens (including phenoxy) is 3. The third kappa shape index (κ3) is 26.1. The van der Waals surface area contributed by atoms with Crippen LogP contribution in [0.25, 0.3) is 10.9 Å². The third-order valence-electron chi connectivity index (χ3n) is 16.3. The zero-order valence-electron chi connectivity index (χ0n) is 52.3. The van der Waals surface area contributed by atoms with Crippen molar-refractivity contribution in [2.24, 2.45) is 0 Å². The first-order valence-corrected chi connectivity index (χ1v) is 31.5. The molecule has 6 rings (SSSR count). The normalized spacial score (nSPS) is 17.5. The Morgan fingerprint density at radius 3 is 2.01 bits per heavy atom. The van der Waals surface area contributed by atoms with E-state index in [-0.39, 0.29) is 49.8 Å². The van der Waals surface area contributed by atoms with Gasteiger partial charge in [0.05, 0.1) is 49.9 Å². The number of pyridine rings is 1. The predicted octanol–water partition coefficient (Wildman–Crippen LogP) is 2.09. The molecule has 3 saturated heterocycles. The van der Waals surface area contributed by atoms with Crippen LogP contribution >= 0.6 is 0 Å². The van der Waals surface area contributed by atoms with Gasteiger partial charge in [0, 0.05) is 129 Å². The van der Waals surface area contributed by atoms with Crippen molar-refractivity contribution in [1.82, 2.24) is 60.6 Å². The standard InChI is InChI=1S/C64H90F2N12O13/c1-3-51-40-64(65,66)44-78(51)60(84)41-70-62(87)53-21-24-67-55-20-19-52(39-54(53)55)91-38-10-25-72-34-36-77(37-35-72)59(83)14-5-4-7-23-69-63(88)56(12-6-8-22-68-57(81)13-9-11-50-17-15-49(2)16-18-50)71-58(82)42-73-26-27-74(43-61(85)86)29-31-76(46-90-48-80)33-32-75(30-28-73)45-89-47-79/h1,15-21,24,39,47-48,51,56H,4-14,22-23,25-38,40-46H2,2H3,(H,68,81)(H,69,88)(H,70,87)(H,71,82)(H,85,86)/t51-,56?/m0/s1. The number of unbranched alkanes of at least 4 members (excludes halogenated alkanes) is 3. The highest BCUT2D eigenvalue weighted by Gasteiger charge is 2.46. The maximum atomic E-state index is 14.0. The molecule has 0 spiro atoms. The highest BCUT2D eigenvalue weighted by atomic mass is 19.3. The molecule has 2 atom stereocenters. The number of hydrogen-bond donors (Lipinski definition) is 5. The van der Waals surface area contributed by atoms with E-state index in [0.717, 1.165) is 17.9 Å². The van der Waals surface area contributed by atoms with Gasteiger partial charge in [0.2, 0.25) is 29.5 Å². The fourth-order valence-electron chi connectivity index (χ4n) is 11.1. The SMILES string of the molecule is C#C[C@H]1CC(F)(F)CN1C(=O)CNC(=O)c1ccnc2ccc(OCCCN3CCN(C(=O)CCCCCNC(=O)C(CCCCNC(=O)CCCc4ccc(C)cc4)NC(=O)CN4CCN(COC=O)CCN(COC=O)CCN(CC(=O)O)CC4)CC3)cc12. The molecule has 0 radical (unpaired) electrons. The lowest BCUT2D eigenvalue weighted by Gasteiger charge is -2.34. The van der Waals surface area contributed by atoms with Crippen LogP contribution in [0.3, 0.4) is 0 Å². The van der Waals surface area contributed by atoms with Crippen molar-refractivity contribution in [2.75, 3.05) is 144 Å². The smallest absolute Gasteiger partial charge is 0.317 e. The molecule has 3 fully saturated rings. The van der Waals surface area contributed by atoms with Crippen LogP contribution in [-0.2, 0) is 54.3 Å². The Kier molecular flexibility index (Phi) is 30.7. The second kappa shape index (κ2) is 38.7. The van der Waals surface area contributed by atoms with Gasteiger partial charge in [-0.3, -0.25) is 72.6 Å². The number of aliphatic carboxylic acids is 1. The van der Waals surface area contributed by atoms with E-state index in [0.29, 0.717) is 192 Å². The molecule has 0 bridgehead atoms. The van der Waals surface area contributed by atoms with Crippen molar-refractivity contribution in [1.29, 1.82) is 0 Å². The van der Waals surface area contributed by atoms with Crippen LogP contribution in [-0.4, -0.2) is 261 Å². The largest absolute Gasteiger partial charge is 0.494 e. The molecular formula is C64H90F2N12O13. The van der Waals surface area contributed by atoms with Crippen molar-refractivity contribution in [3.63, 3.8) is 0 Å². The Bertz CT molecular complexity index is 2900. The summed E-state index contributed by atoms with van der Waals surface area (Å²) in [5.74, 6) is -3.41. The number of likely N-dealkylation sites (tertiary alicyclic amines) is 1. The summed E-state index contributed by atoms with van der Waals surface area (Å²) >= 11 is 0. The summed E-state index contributed by atoms with van der Waals surface area (Å²) in [7, 11) is 0. The lowest BCUT2D eigenvalue weighted by molar-refractivity contribution is -0.139. The number of terminal acetylenes is 1. The molecule has 0 saturated carbocycles. The number of halogens is 2. The van der Waals surface area contributed by atoms with Gasteiger partial charge in [-0.25, -0.2) is 8.78 Å². The van der Waals surface area contributed by atoms with E-state index in [2.05, 4.69) is 61.3 Å². The number of alkyl halides is 2. The molecular weight excluding hydrogens is 1180 g/mol. The first kappa shape index (κ1) is 72.2. The lowest BCUT2D eigenvalue weighted by Crippen LogP contribution is -2.52. The van der Waals surface area contributed by atoms with Crippen molar-refractivity contribution < 1.29 is 71.2 Å². The number of piperazine rings is 1. The first-order chi connectivity index (χ1) is 43.9. The summed E-state index contributed by atoms with van der Waals surface area (Å²) in [6, 6.07) is 13.0. The number of fused-ring (bicyclic) bond motifs is 1. The number of benzene rings is 2. The number of rotatable bonds is 35. The Morgan fingerprint density at radius 1 is 0.714 bits per heavy atom. The van der Waals surface area contributed by atoms with Gasteiger partial charge in [0.15, 0.2) is 0 Å². The Hall–Kier alpha value is -7.90. The summed E-state index contributed by atoms with van der Waals surface area (Å²) in [5.41, 5.74) is 3.11. The van der Waals surface area contributed by atoms with Crippen LogP contribution in [0, 0.1) is 19.3 Å². The van der Waals surface area contributed by atoms with Crippen molar-refractivity contribution in [3.8, 4) is 18.1 Å². The summed E-state index contributed by atoms with van der Waals surface area (Å²) in [6.45, 7) is 8.30. The molecule has 5 N–H and O–H groups in total. The fourth-order valence-corrected chi connectivity index (χ4v) is 11.1. The van der Waals surface area contributed by atoms with Crippen LogP contribution in [0.15, 0.2) is 54.7 Å². The van der Waals surface area contributed by atoms with Gasteiger partial charge < -0.3 is 50.4 Å². The minimum atomic E-state index is -3.10. The zero-order valence-corrected chi connectivity index (χ0v) is 52.3. The number of aromatic nitrogens is 1. The van der Waals surface area contributed by atoms with E-state index < -0.39 is 61.2 Å². The summed E-state index contributed by atoms with van der Waals surface area (Å²) < 4.78 is 44.1. The fraction of sp³-hybridized carbons (Fsp3) is 0.594. The van der Waals surface area contributed by atoms with Gasteiger partial charge in [-0.15, -0.1) is 6.42 Å². The molecule has 3 aliphatic heterocycles. The van der Waals surface area contributed by atoms with E-state index in [4.69, 9.17) is 20.6 Å². The van der Waals surface area contributed by atoms with Crippen LogP contribution < -0.4 is 26.0 Å². The summed E-state index contributed by atoms with van der Waals surface area (Å²) in [4.78, 5) is 130. The second-order valence-corrected chi connectivity index (χ2v) is 23.3. The van der Waals surface area contributed by atoms with Crippen molar-refractivity contribution in [3.05, 3.63) is 71.4 Å². The average molecular weight is 1270 g/mol. The number of carbonyl (C=O) groups excluding carboxylic acids is 8. The van der Waals surface area contributed by atoms with Crippen LogP contribution in [0.5, 0.6) is 5.75 Å². The highest BCUT2D eigenvalue weighted by molar-refractivity contribution is 6.07. The van der Waals surface area contributed by atoms with Crippen molar-refractivity contribution >= 4 is 65.3 Å². The molecule has 0 aliphatic carbocycles. The minimum absolute atomic E-state index is 0.00326. The number of amides is 6. The quantitative estimate of drug-likeness (QED) is 0.0320. The van der Waals surface area contributed by atoms with E-state index in [1.165, 1.54) is 23.4 Å². The highest BCUT2D eigenvalue weighted by Crippen LogP contribution is 2.32. The summed E-state index contributed by atoms with van der Waals surface area (Å²) in [6.07, 6.45) is 12.5. The first-order valence-electron chi connectivity index (χ1n) is 31.5. The van der Waals surface area contributed by atoms with Gasteiger partial charge in [0.25, 0.3) is 24.8 Å². The molecule has 91 heavy (non-hydrogen) atoms. The van der Waals surface area contributed by atoms with Gasteiger partial charge in [-0.05, 0) is 88.1 Å². The maximum Gasteiger partial charge on any atom is 0.317 e. The van der Waals surface area contributed by atoms with Gasteiger partial charge >= 0.3 is 5.97 Å². The minimum Gasteiger partial charge on any atom is -0.494 e. The number of nitrogens with one attached hydrogen (secondary N) is 4. The molecule has 4 heterocycles. The molecule has 27 heteroatoms. The topological polar surface area (TPSA) is 285 Å². The van der Waals surface area contributed by atoms with Crippen LogP contribution in [0.2, 0.25) is 0 Å². The van der Waals surface area contributed by atoms with E-state index in [1.54, 1.807) is 23.1 Å². The lowest BCUT2D eigenvalue weighted by atomic mass is 10.1. The molecule has 1 unspecified atom stereocenters. The Morgan fingerprint density at radius 2 is 1.35 bits per heavy atom. The van der Waals surface area contributed by atoms with E-state index >= 15 is 0 Å². The molecule has 3 aromatic rings. The second-order valence-electron chi connectivity index (χ2n) is 23.3. The van der Waals surface area contributed by atoms with Gasteiger partial charge in [-0.2, -0.15) is 0 Å². The van der Waals surface area contributed by atoms with Gasteiger partial charge in [0.1, 0.15) is 25.3 Å². The average Bonchev–Trinajstić information content (AvgIpc) is 1.91. The number of carboxylic acids is 1. The molecule has 6 amide bonds. The summed E-state index contributed by atoms with van der Waals surface area (Å²) in [5, 5.41) is 21.6. The Labute approximate surface area is 531 Å². The number of nitrogens with zero attached hydrogens (tertiary/aromatic N) is 8. The van der Waals surface area contributed by atoms with E-state index in [1.807, 2.05) is 26.5 Å². The van der Waals surface area contributed by atoms with Crippen molar-refractivity contribution in [2.45, 2.75) is 102 Å². The monoisotopic (exact) mass is 1270 g/mol. The maximum absolute atomic E-state index is 14.0.